The molecule has 1 heterocycles. The molecule has 2 amide bonds. The van der Waals surface area contributed by atoms with Crippen LogP contribution in [0.25, 0.3) is 0 Å². The van der Waals surface area contributed by atoms with E-state index in [4.69, 9.17) is 0 Å². The molecule has 1 atom stereocenters. The monoisotopic (exact) mass is 212 g/mol. The molecule has 86 valence electrons. The van der Waals surface area contributed by atoms with Crippen molar-refractivity contribution >= 4 is 11.8 Å². The van der Waals surface area contributed by atoms with Gasteiger partial charge in [-0.3, -0.25) is 9.59 Å². The fourth-order valence-electron chi connectivity index (χ4n) is 1.93. The van der Waals surface area contributed by atoms with E-state index in [-0.39, 0.29) is 23.8 Å². The van der Waals surface area contributed by atoms with Crippen LogP contribution in [0.1, 0.15) is 33.6 Å². The summed E-state index contributed by atoms with van der Waals surface area (Å²) >= 11 is 0. The lowest BCUT2D eigenvalue weighted by atomic mass is 10.1. The van der Waals surface area contributed by atoms with E-state index in [0.717, 1.165) is 19.4 Å². The van der Waals surface area contributed by atoms with Gasteiger partial charge in [-0.15, -0.1) is 0 Å². The minimum atomic E-state index is -0.236. The normalized spacial score (nSPS) is 20.8. The van der Waals surface area contributed by atoms with Crippen LogP contribution < -0.4 is 5.32 Å². The molecule has 0 saturated carbocycles. The third kappa shape index (κ3) is 2.70. The predicted molar refractivity (Wildman–Crippen MR) is 58.3 cm³/mol. The fraction of sp³-hybridized carbons (Fsp3) is 0.818. The number of likely N-dealkylation sites (N-methyl/N-ethyl adjacent to an activating group) is 1. The van der Waals surface area contributed by atoms with Gasteiger partial charge in [-0.1, -0.05) is 13.8 Å². The molecule has 0 aromatic carbocycles. The number of amides is 2. The molecule has 0 aromatic rings. The second-order valence-electron chi connectivity index (χ2n) is 4.24. The number of carbonyl (C=O) groups is 2. The van der Waals surface area contributed by atoms with Crippen molar-refractivity contribution in [1.29, 1.82) is 0 Å². The zero-order valence-corrected chi connectivity index (χ0v) is 9.75. The van der Waals surface area contributed by atoms with Gasteiger partial charge in [0.2, 0.25) is 11.8 Å². The molecule has 0 unspecified atom stereocenters. The van der Waals surface area contributed by atoms with E-state index in [1.807, 2.05) is 20.8 Å². The summed E-state index contributed by atoms with van der Waals surface area (Å²) in [4.78, 5) is 25.2. The number of likely N-dealkylation sites (tertiary alicyclic amines) is 1. The highest BCUT2D eigenvalue weighted by atomic mass is 16.2. The third-order valence-electron chi connectivity index (χ3n) is 2.68. The van der Waals surface area contributed by atoms with Gasteiger partial charge >= 0.3 is 0 Å². The Balaban J connectivity index is 2.64. The van der Waals surface area contributed by atoms with Crippen molar-refractivity contribution in [3.05, 3.63) is 0 Å². The van der Waals surface area contributed by atoms with E-state index < -0.39 is 0 Å². The maximum atomic E-state index is 11.8. The topological polar surface area (TPSA) is 49.4 Å². The molecule has 0 aromatic heterocycles. The summed E-state index contributed by atoms with van der Waals surface area (Å²) in [5, 5.41) is 2.78. The molecule has 0 spiro atoms. The Morgan fingerprint density at radius 2 is 2.13 bits per heavy atom. The summed E-state index contributed by atoms with van der Waals surface area (Å²) in [6.45, 7) is 6.98. The maximum Gasteiger partial charge on any atom is 0.242 e. The van der Waals surface area contributed by atoms with Gasteiger partial charge in [-0.2, -0.15) is 0 Å². The quantitative estimate of drug-likeness (QED) is 0.751. The summed E-state index contributed by atoms with van der Waals surface area (Å²) < 4.78 is 0. The Labute approximate surface area is 91.0 Å². The molecule has 1 saturated heterocycles. The average molecular weight is 212 g/mol. The van der Waals surface area contributed by atoms with Crippen LogP contribution in [0.4, 0.5) is 0 Å². The summed E-state index contributed by atoms with van der Waals surface area (Å²) in [6.07, 6.45) is 1.73. The van der Waals surface area contributed by atoms with E-state index in [1.54, 1.807) is 4.90 Å². The number of rotatable bonds is 3. The molecular formula is C11H20N2O2. The minimum Gasteiger partial charge on any atom is -0.355 e. The molecular weight excluding hydrogens is 192 g/mol. The van der Waals surface area contributed by atoms with E-state index in [2.05, 4.69) is 5.32 Å². The van der Waals surface area contributed by atoms with Crippen LogP contribution in [0.5, 0.6) is 0 Å². The van der Waals surface area contributed by atoms with Gasteiger partial charge in [0.05, 0.1) is 0 Å². The van der Waals surface area contributed by atoms with Crippen LogP contribution >= 0.6 is 0 Å². The highest BCUT2D eigenvalue weighted by Gasteiger charge is 2.34. The number of carbonyl (C=O) groups excluding carboxylic acids is 2. The average Bonchev–Trinajstić information content (AvgIpc) is 2.65. The van der Waals surface area contributed by atoms with Crippen molar-refractivity contribution in [3.63, 3.8) is 0 Å². The Bertz CT molecular complexity index is 251. The Hall–Kier alpha value is -1.06. The van der Waals surface area contributed by atoms with Crippen LogP contribution in [0.2, 0.25) is 0 Å². The van der Waals surface area contributed by atoms with Gasteiger partial charge in [0, 0.05) is 19.0 Å². The van der Waals surface area contributed by atoms with Gasteiger partial charge in [-0.25, -0.2) is 0 Å². The smallest absolute Gasteiger partial charge is 0.242 e. The minimum absolute atomic E-state index is 0.0102. The molecule has 1 rings (SSSR count). The van der Waals surface area contributed by atoms with Crippen LogP contribution in [0.15, 0.2) is 0 Å². The van der Waals surface area contributed by atoms with Gasteiger partial charge in [0.1, 0.15) is 6.04 Å². The Morgan fingerprint density at radius 1 is 1.47 bits per heavy atom. The molecule has 1 aliphatic rings. The summed E-state index contributed by atoms with van der Waals surface area (Å²) in [5.74, 6) is 0.0489. The van der Waals surface area contributed by atoms with Crippen molar-refractivity contribution in [2.75, 3.05) is 13.1 Å². The molecule has 0 aliphatic carbocycles. The van der Waals surface area contributed by atoms with Crippen LogP contribution in [-0.4, -0.2) is 35.8 Å². The molecule has 15 heavy (non-hydrogen) atoms. The van der Waals surface area contributed by atoms with Gasteiger partial charge < -0.3 is 10.2 Å². The van der Waals surface area contributed by atoms with Crippen LogP contribution in [-0.2, 0) is 9.59 Å². The van der Waals surface area contributed by atoms with E-state index in [9.17, 15) is 9.59 Å². The first-order valence-corrected chi connectivity index (χ1v) is 5.66. The first-order chi connectivity index (χ1) is 7.07. The van der Waals surface area contributed by atoms with Crippen LogP contribution in [0, 0.1) is 5.92 Å². The molecule has 1 aliphatic heterocycles. The summed E-state index contributed by atoms with van der Waals surface area (Å²) in [5.41, 5.74) is 0. The lowest BCUT2D eigenvalue weighted by Crippen LogP contribution is -2.47. The molecule has 1 N–H and O–H groups in total. The molecule has 0 radical (unpaired) electrons. The lowest BCUT2D eigenvalue weighted by molar-refractivity contribution is -0.140. The number of nitrogens with one attached hydrogen (secondary N) is 1. The highest BCUT2D eigenvalue weighted by Crippen LogP contribution is 2.19. The van der Waals surface area contributed by atoms with Gasteiger partial charge in [0.15, 0.2) is 0 Å². The molecule has 4 nitrogen and oxygen atoms in total. The number of hydrogen-bond donors (Lipinski definition) is 1. The van der Waals surface area contributed by atoms with Gasteiger partial charge in [-0.05, 0) is 19.8 Å². The first-order valence-electron chi connectivity index (χ1n) is 5.66. The second-order valence-corrected chi connectivity index (χ2v) is 4.24. The van der Waals surface area contributed by atoms with Crippen molar-refractivity contribution in [2.24, 2.45) is 5.92 Å². The number of nitrogens with zero attached hydrogens (tertiary/aromatic N) is 1. The largest absolute Gasteiger partial charge is 0.355 e. The molecule has 4 heteroatoms. The van der Waals surface area contributed by atoms with Crippen molar-refractivity contribution in [1.82, 2.24) is 10.2 Å². The lowest BCUT2D eigenvalue weighted by Gasteiger charge is -2.25. The fourth-order valence-corrected chi connectivity index (χ4v) is 1.93. The van der Waals surface area contributed by atoms with Crippen molar-refractivity contribution in [2.45, 2.75) is 39.7 Å². The summed E-state index contributed by atoms with van der Waals surface area (Å²) in [6, 6.07) is -0.236. The maximum absolute atomic E-state index is 11.8. The Kier molecular flexibility index (Phi) is 4.12. The van der Waals surface area contributed by atoms with E-state index in [0.29, 0.717) is 6.54 Å². The third-order valence-corrected chi connectivity index (χ3v) is 2.68. The zero-order chi connectivity index (χ0) is 11.4. The van der Waals surface area contributed by atoms with E-state index >= 15 is 0 Å². The Morgan fingerprint density at radius 3 is 2.67 bits per heavy atom. The summed E-state index contributed by atoms with van der Waals surface area (Å²) in [7, 11) is 0. The SMILES string of the molecule is CCNC(=O)[C@@H]1CCCN1C(=O)C(C)C. The molecule has 1 fully saturated rings. The predicted octanol–water partition coefficient (Wildman–Crippen LogP) is 0.769. The zero-order valence-electron chi connectivity index (χ0n) is 9.75. The highest BCUT2D eigenvalue weighted by molar-refractivity contribution is 5.88. The number of hydrogen-bond acceptors (Lipinski definition) is 2. The molecule has 0 bridgehead atoms. The van der Waals surface area contributed by atoms with E-state index in [1.165, 1.54) is 0 Å². The standard InChI is InChI=1S/C11H20N2O2/c1-4-12-10(14)9-6-5-7-13(9)11(15)8(2)3/h8-9H,4-7H2,1-3H3,(H,12,14)/t9-/m0/s1. The van der Waals surface area contributed by atoms with Crippen molar-refractivity contribution in [3.8, 4) is 0 Å². The second kappa shape index (κ2) is 5.14. The van der Waals surface area contributed by atoms with Crippen LogP contribution in [0.3, 0.4) is 0 Å². The van der Waals surface area contributed by atoms with Gasteiger partial charge in [0.25, 0.3) is 0 Å². The van der Waals surface area contributed by atoms with Crippen molar-refractivity contribution < 1.29 is 9.59 Å². The first kappa shape index (κ1) is 12.0.